The normalized spacial score (nSPS) is 14.8. The number of barbiturate groups is 1. The molecule has 8 heteroatoms. The van der Waals surface area contributed by atoms with Gasteiger partial charge in [0.1, 0.15) is 5.82 Å². The molecule has 5 aromatic rings. The van der Waals surface area contributed by atoms with Gasteiger partial charge in [-0.05, 0) is 60.0 Å². The molecule has 1 N–H and O–H groups in total. The molecule has 41 heavy (non-hydrogen) atoms. The number of anilines is 2. The molecule has 0 atom stereocenters. The fraction of sp³-hybridized carbons (Fsp3) is 0.0909. The van der Waals surface area contributed by atoms with Crippen molar-refractivity contribution < 1.29 is 18.8 Å². The molecule has 1 aliphatic heterocycles. The van der Waals surface area contributed by atoms with Gasteiger partial charge in [0.25, 0.3) is 11.8 Å². The van der Waals surface area contributed by atoms with Crippen LogP contribution in [-0.2, 0) is 16.0 Å². The topological polar surface area (TPSA) is 85.8 Å². The van der Waals surface area contributed by atoms with Gasteiger partial charge in [0, 0.05) is 23.6 Å². The standard InChI is InChI=1S/C33H25FN4O3/c34-24-16-17-28-27(20-24)23(21-36-28)18-19-35-30(22-10-4-1-5-11-22)29-31(39)37(25-12-6-2-7-13-25)33(41)38(32(29)40)26-14-8-3-9-15-26/h1-17,20-21,29,36H,18-19H2. The van der Waals surface area contributed by atoms with Gasteiger partial charge in [0.2, 0.25) is 0 Å². The maximum Gasteiger partial charge on any atom is 0.342 e. The summed E-state index contributed by atoms with van der Waals surface area (Å²) < 4.78 is 13.9. The lowest BCUT2D eigenvalue weighted by Gasteiger charge is -2.37. The van der Waals surface area contributed by atoms with Crippen LogP contribution in [0.3, 0.4) is 0 Å². The van der Waals surface area contributed by atoms with Crippen LogP contribution in [0.4, 0.5) is 20.6 Å². The lowest BCUT2D eigenvalue weighted by molar-refractivity contribution is -0.129. The van der Waals surface area contributed by atoms with Gasteiger partial charge in [0.15, 0.2) is 5.92 Å². The Bertz CT molecular complexity index is 1710. The van der Waals surface area contributed by atoms with Crippen molar-refractivity contribution in [3.8, 4) is 0 Å². The van der Waals surface area contributed by atoms with Crippen molar-refractivity contribution in [1.82, 2.24) is 4.98 Å². The van der Waals surface area contributed by atoms with Gasteiger partial charge in [-0.2, -0.15) is 0 Å². The highest BCUT2D eigenvalue weighted by Crippen LogP contribution is 2.31. The molecule has 7 nitrogen and oxygen atoms in total. The number of imide groups is 2. The summed E-state index contributed by atoms with van der Waals surface area (Å²) in [4.78, 5) is 51.9. The molecule has 0 bridgehead atoms. The number of aromatic amines is 1. The summed E-state index contributed by atoms with van der Waals surface area (Å²) in [7, 11) is 0. The van der Waals surface area contributed by atoms with E-state index in [9.17, 15) is 18.8 Å². The number of hydrogen-bond acceptors (Lipinski definition) is 4. The Morgan fingerprint density at radius 1 is 0.756 bits per heavy atom. The first-order valence-corrected chi connectivity index (χ1v) is 13.2. The molecule has 6 rings (SSSR count). The molecule has 0 saturated carbocycles. The van der Waals surface area contributed by atoms with E-state index in [0.717, 1.165) is 26.3 Å². The third kappa shape index (κ3) is 4.91. The number of amides is 4. The Hall–Kier alpha value is -5.37. The SMILES string of the molecule is O=C1C(C(=NCCc2c[nH]c3ccc(F)cc23)c2ccccc2)C(=O)N(c2ccccc2)C(=O)N1c1ccccc1. The van der Waals surface area contributed by atoms with Crippen molar-refractivity contribution in [3.63, 3.8) is 0 Å². The second-order valence-electron chi connectivity index (χ2n) is 9.62. The van der Waals surface area contributed by atoms with Gasteiger partial charge >= 0.3 is 6.03 Å². The van der Waals surface area contributed by atoms with E-state index >= 15 is 0 Å². The van der Waals surface area contributed by atoms with Crippen LogP contribution in [0.15, 0.2) is 120 Å². The Kier molecular flexibility index (Phi) is 6.95. The Morgan fingerprint density at radius 3 is 1.90 bits per heavy atom. The van der Waals surface area contributed by atoms with Crippen molar-refractivity contribution in [1.29, 1.82) is 0 Å². The van der Waals surface area contributed by atoms with Crippen molar-refractivity contribution in [3.05, 3.63) is 132 Å². The number of hydrogen-bond donors (Lipinski definition) is 1. The summed E-state index contributed by atoms with van der Waals surface area (Å²) in [5.74, 6) is -3.04. The Balaban J connectivity index is 1.43. The number of rotatable bonds is 7. The van der Waals surface area contributed by atoms with Gasteiger partial charge in [-0.1, -0.05) is 66.7 Å². The van der Waals surface area contributed by atoms with E-state index in [2.05, 4.69) is 4.98 Å². The number of aliphatic imine (C=N–C) groups is 1. The minimum absolute atomic E-state index is 0.232. The fourth-order valence-corrected chi connectivity index (χ4v) is 5.13. The minimum atomic E-state index is -1.36. The van der Waals surface area contributed by atoms with Crippen LogP contribution >= 0.6 is 0 Å². The highest BCUT2D eigenvalue weighted by atomic mass is 19.1. The number of benzene rings is 4. The number of urea groups is 1. The number of carbonyl (C=O) groups is 3. The number of aromatic nitrogens is 1. The molecular weight excluding hydrogens is 519 g/mol. The minimum Gasteiger partial charge on any atom is -0.361 e. The van der Waals surface area contributed by atoms with Gasteiger partial charge < -0.3 is 4.98 Å². The highest BCUT2D eigenvalue weighted by Gasteiger charge is 2.49. The molecule has 0 aliphatic carbocycles. The first-order valence-electron chi connectivity index (χ1n) is 13.2. The van der Waals surface area contributed by atoms with E-state index in [1.54, 1.807) is 91.0 Å². The molecule has 2 heterocycles. The zero-order chi connectivity index (χ0) is 28.3. The smallest absolute Gasteiger partial charge is 0.342 e. The monoisotopic (exact) mass is 544 g/mol. The van der Waals surface area contributed by atoms with Crippen LogP contribution in [0.5, 0.6) is 0 Å². The largest absolute Gasteiger partial charge is 0.361 e. The molecule has 202 valence electrons. The zero-order valence-corrected chi connectivity index (χ0v) is 21.9. The van der Waals surface area contributed by atoms with Crippen LogP contribution in [-0.4, -0.2) is 35.1 Å². The molecule has 4 amide bonds. The highest BCUT2D eigenvalue weighted by molar-refractivity contribution is 6.43. The second-order valence-corrected chi connectivity index (χ2v) is 9.62. The van der Waals surface area contributed by atoms with Gasteiger partial charge in [-0.3, -0.25) is 14.6 Å². The summed E-state index contributed by atoms with van der Waals surface area (Å²) >= 11 is 0. The molecule has 4 aromatic carbocycles. The molecule has 0 spiro atoms. The Labute approximate surface area is 235 Å². The average Bonchev–Trinajstić information content (AvgIpc) is 3.39. The number of fused-ring (bicyclic) bond motifs is 1. The Morgan fingerprint density at radius 2 is 1.32 bits per heavy atom. The summed E-state index contributed by atoms with van der Waals surface area (Å²) in [6, 6.07) is 29.9. The van der Waals surface area contributed by atoms with E-state index in [4.69, 9.17) is 4.99 Å². The lowest BCUT2D eigenvalue weighted by atomic mass is 9.91. The predicted molar refractivity (Wildman–Crippen MR) is 157 cm³/mol. The van der Waals surface area contributed by atoms with Crippen molar-refractivity contribution in [2.24, 2.45) is 10.9 Å². The predicted octanol–water partition coefficient (Wildman–Crippen LogP) is 6.16. The number of carbonyl (C=O) groups excluding carboxylic acids is 3. The molecule has 1 aromatic heterocycles. The molecular formula is C33H25FN4O3. The summed E-state index contributed by atoms with van der Waals surface area (Å²) in [5, 5.41) is 0.752. The van der Waals surface area contributed by atoms with Crippen molar-refractivity contribution in [2.75, 3.05) is 16.3 Å². The van der Waals surface area contributed by atoms with E-state index in [1.165, 1.54) is 12.1 Å². The summed E-state index contributed by atoms with van der Waals surface area (Å²) in [5.41, 5.74) is 3.25. The number of nitrogens with zero attached hydrogens (tertiary/aromatic N) is 3. The van der Waals surface area contributed by atoms with E-state index in [-0.39, 0.29) is 18.1 Å². The quantitative estimate of drug-likeness (QED) is 0.197. The maximum absolute atomic E-state index is 14.1. The second kappa shape index (κ2) is 11.0. The third-order valence-electron chi connectivity index (χ3n) is 7.08. The van der Waals surface area contributed by atoms with Crippen molar-refractivity contribution >= 4 is 45.8 Å². The number of H-pyrrole nitrogens is 1. The zero-order valence-electron chi connectivity index (χ0n) is 21.9. The van der Waals surface area contributed by atoms with Crippen LogP contribution < -0.4 is 9.80 Å². The van der Waals surface area contributed by atoms with Gasteiger partial charge in [-0.15, -0.1) is 0 Å². The van der Waals surface area contributed by atoms with Crippen LogP contribution in [0.1, 0.15) is 11.1 Å². The van der Waals surface area contributed by atoms with Gasteiger partial charge in [0.05, 0.1) is 17.1 Å². The molecule has 0 radical (unpaired) electrons. The molecule has 0 unspecified atom stereocenters. The molecule has 1 aliphatic rings. The van der Waals surface area contributed by atoms with Crippen molar-refractivity contribution in [2.45, 2.75) is 6.42 Å². The first kappa shape index (κ1) is 25.9. The van der Waals surface area contributed by atoms with E-state index in [0.29, 0.717) is 23.4 Å². The third-order valence-corrected chi connectivity index (χ3v) is 7.08. The van der Waals surface area contributed by atoms with Crippen LogP contribution in [0.2, 0.25) is 0 Å². The van der Waals surface area contributed by atoms with Crippen LogP contribution in [0.25, 0.3) is 10.9 Å². The summed E-state index contributed by atoms with van der Waals surface area (Å²) in [6.07, 6.45) is 2.25. The molecule has 1 fully saturated rings. The average molecular weight is 545 g/mol. The van der Waals surface area contributed by atoms with Gasteiger partial charge in [-0.25, -0.2) is 19.0 Å². The van der Waals surface area contributed by atoms with Crippen LogP contribution in [0, 0.1) is 11.7 Å². The maximum atomic E-state index is 14.1. The number of halogens is 1. The summed E-state index contributed by atoms with van der Waals surface area (Å²) in [6.45, 7) is 0.232. The lowest BCUT2D eigenvalue weighted by Crippen LogP contribution is -2.62. The first-order chi connectivity index (χ1) is 20.0. The number of nitrogens with one attached hydrogen (secondary N) is 1. The fourth-order valence-electron chi connectivity index (χ4n) is 5.13. The van der Waals surface area contributed by atoms with E-state index in [1.807, 2.05) is 12.3 Å². The number of para-hydroxylation sites is 2. The molecule has 1 saturated heterocycles. The van der Waals surface area contributed by atoms with E-state index < -0.39 is 23.8 Å².